The van der Waals surface area contributed by atoms with Gasteiger partial charge in [-0.15, -0.1) is 12.4 Å². The fourth-order valence-electron chi connectivity index (χ4n) is 2.78. The number of carbonyl (C=O) groups excluding carboxylic acids is 1. The first kappa shape index (κ1) is 18.0. The van der Waals surface area contributed by atoms with Gasteiger partial charge in [0.05, 0.1) is 0 Å². The second kappa shape index (κ2) is 7.25. The molecule has 118 valence electrons. The van der Waals surface area contributed by atoms with Crippen molar-refractivity contribution in [2.24, 2.45) is 11.1 Å². The molecule has 0 aliphatic carbocycles. The summed E-state index contributed by atoms with van der Waals surface area (Å²) in [5, 5.41) is 2.63. The minimum absolute atomic E-state index is 0. The van der Waals surface area contributed by atoms with Gasteiger partial charge in [-0.05, 0) is 29.5 Å². The third-order valence-electron chi connectivity index (χ3n) is 4.24. The average Bonchev–Trinajstić information content (AvgIpc) is 2.42. The number of nitrogens with one attached hydrogen (secondary N) is 1. The molecule has 0 bridgehead atoms. The van der Waals surface area contributed by atoms with Crippen LogP contribution in [0.4, 0.5) is 0 Å². The van der Waals surface area contributed by atoms with E-state index in [0.717, 1.165) is 26.1 Å². The van der Waals surface area contributed by atoms with Crippen LogP contribution in [0, 0.1) is 5.41 Å². The van der Waals surface area contributed by atoms with Gasteiger partial charge in [-0.3, -0.25) is 9.69 Å². The molecule has 4 nitrogen and oxygen atoms in total. The Morgan fingerprint density at radius 1 is 1.38 bits per heavy atom. The van der Waals surface area contributed by atoms with Gasteiger partial charge in [0, 0.05) is 38.3 Å². The maximum atomic E-state index is 11.5. The number of likely N-dealkylation sites (tertiary alicyclic amines) is 1. The maximum Gasteiger partial charge on any atom is 0.251 e. The summed E-state index contributed by atoms with van der Waals surface area (Å²) in [4.78, 5) is 13.9. The molecular formula is C16H26ClN3O. The van der Waals surface area contributed by atoms with E-state index < -0.39 is 0 Å². The molecule has 1 aromatic carbocycles. The van der Waals surface area contributed by atoms with Crippen LogP contribution in [0.25, 0.3) is 0 Å². The standard InChI is InChI=1S/C16H25N3O.ClH/c1-16(2)11-19(9-8-14(16)17)10-12-4-6-13(7-5-12)15(20)18-3;/h4-7,14H,8-11,17H2,1-3H3,(H,18,20);1H. The molecular weight excluding hydrogens is 286 g/mol. The molecule has 0 aromatic heterocycles. The van der Waals surface area contributed by atoms with Crippen LogP contribution in [-0.2, 0) is 6.54 Å². The number of amides is 1. The van der Waals surface area contributed by atoms with Crippen molar-refractivity contribution in [3.8, 4) is 0 Å². The fraction of sp³-hybridized carbons (Fsp3) is 0.562. The highest BCUT2D eigenvalue weighted by atomic mass is 35.5. The molecule has 0 radical (unpaired) electrons. The van der Waals surface area contributed by atoms with Crippen molar-refractivity contribution >= 4 is 18.3 Å². The normalized spacial score (nSPS) is 21.4. The minimum atomic E-state index is -0.0402. The number of benzene rings is 1. The molecule has 1 unspecified atom stereocenters. The van der Waals surface area contributed by atoms with Gasteiger partial charge in [0.1, 0.15) is 0 Å². The Morgan fingerprint density at radius 3 is 2.52 bits per heavy atom. The Bertz CT molecular complexity index is 473. The second-order valence-corrected chi connectivity index (χ2v) is 6.37. The topological polar surface area (TPSA) is 58.4 Å². The highest BCUT2D eigenvalue weighted by Crippen LogP contribution is 2.28. The van der Waals surface area contributed by atoms with Gasteiger partial charge >= 0.3 is 0 Å². The lowest BCUT2D eigenvalue weighted by Crippen LogP contribution is -2.52. The lowest BCUT2D eigenvalue weighted by atomic mass is 9.79. The molecule has 5 heteroatoms. The van der Waals surface area contributed by atoms with Crippen molar-refractivity contribution in [2.45, 2.75) is 32.9 Å². The number of carbonyl (C=O) groups is 1. The summed E-state index contributed by atoms with van der Waals surface area (Å²) < 4.78 is 0. The van der Waals surface area contributed by atoms with Crippen molar-refractivity contribution in [1.29, 1.82) is 0 Å². The third-order valence-corrected chi connectivity index (χ3v) is 4.24. The van der Waals surface area contributed by atoms with Crippen molar-refractivity contribution in [3.63, 3.8) is 0 Å². The fourth-order valence-corrected chi connectivity index (χ4v) is 2.78. The zero-order valence-corrected chi connectivity index (χ0v) is 13.9. The molecule has 1 aromatic rings. The van der Waals surface area contributed by atoms with Gasteiger partial charge in [0.25, 0.3) is 5.91 Å². The van der Waals surface area contributed by atoms with Crippen molar-refractivity contribution in [1.82, 2.24) is 10.2 Å². The number of hydrogen-bond donors (Lipinski definition) is 2. The molecule has 2 rings (SSSR count). The second-order valence-electron chi connectivity index (χ2n) is 6.37. The van der Waals surface area contributed by atoms with Crippen LogP contribution in [0.5, 0.6) is 0 Å². The van der Waals surface area contributed by atoms with E-state index >= 15 is 0 Å². The molecule has 1 amide bonds. The van der Waals surface area contributed by atoms with Crippen molar-refractivity contribution < 1.29 is 4.79 Å². The number of hydrogen-bond acceptors (Lipinski definition) is 3. The summed E-state index contributed by atoms with van der Waals surface area (Å²) in [5.41, 5.74) is 8.28. The van der Waals surface area contributed by atoms with Crippen molar-refractivity contribution in [3.05, 3.63) is 35.4 Å². The van der Waals surface area contributed by atoms with Crippen LogP contribution >= 0.6 is 12.4 Å². The summed E-state index contributed by atoms with van der Waals surface area (Å²) in [6, 6.07) is 8.12. The molecule has 1 saturated heterocycles. The van der Waals surface area contributed by atoms with Gasteiger partial charge in [-0.1, -0.05) is 26.0 Å². The zero-order chi connectivity index (χ0) is 14.8. The molecule has 0 saturated carbocycles. The van der Waals surface area contributed by atoms with E-state index in [2.05, 4.69) is 24.1 Å². The highest BCUT2D eigenvalue weighted by molar-refractivity contribution is 5.93. The molecule has 1 fully saturated rings. The van der Waals surface area contributed by atoms with E-state index in [0.29, 0.717) is 5.56 Å². The molecule has 1 aliphatic rings. The molecule has 1 atom stereocenters. The number of rotatable bonds is 3. The third kappa shape index (κ3) is 4.43. The van der Waals surface area contributed by atoms with Crippen LogP contribution in [0.2, 0.25) is 0 Å². The molecule has 0 spiro atoms. The van der Waals surface area contributed by atoms with E-state index in [1.165, 1.54) is 5.56 Å². The first-order chi connectivity index (χ1) is 9.42. The summed E-state index contributed by atoms with van der Waals surface area (Å²) >= 11 is 0. The molecule has 1 heterocycles. The predicted molar refractivity (Wildman–Crippen MR) is 88.7 cm³/mol. The van der Waals surface area contributed by atoms with E-state index in [-0.39, 0.29) is 29.8 Å². The lowest BCUT2D eigenvalue weighted by molar-refractivity contribution is 0.0898. The van der Waals surface area contributed by atoms with Crippen molar-refractivity contribution in [2.75, 3.05) is 20.1 Å². The summed E-state index contributed by atoms with van der Waals surface area (Å²) in [6.45, 7) is 7.45. The summed E-state index contributed by atoms with van der Waals surface area (Å²) in [7, 11) is 1.65. The van der Waals surface area contributed by atoms with E-state index in [1.54, 1.807) is 7.05 Å². The van der Waals surface area contributed by atoms with E-state index in [4.69, 9.17) is 5.73 Å². The smallest absolute Gasteiger partial charge is 0.251 e. The zero-order valence-electron chi connectivity index (χ0n) is 13.1. The van der Waals surface area contributed by atoms with E-state index in [9.17, 15) is 4.79 Å². The first-order valence-electron chi connectivity index (χ1n) is 7.21. The number of nitrogens with two attached hydrogens (primary N) is 1. The van der Waals surface area contributed by atoms with Gasteiger partial charge in [-0.2, -0.15) is 0 Å². The number of halogens is 1. The maximum absolute atomic E-state index is 11.5. The quantitative estimate of drug-likeness (QED) is 0.898. The largest absolute Gasteiger partial charge is 0.355 e. The van der Waals surface area contributed by atoms with Gasteiger partial charge in [-0.25, -0.2) is 0 Å². The Morgan fingerprint density at radius 2 is 2.00 bits per heavy atom. The first-order valence-corrected chi connectivity index (χ1v) is 7.21. The summed E-state index contributed by atoms with van der Waals surface area (Å²) in [5.74, 6) is -0.0402. The average molecular weight is 312 g/mol. The van der Waals surface area contributed by atoms with Crippen LogP contribution in [0.15, 0.2) is 24.3 Å². The SMILES string of the molecule is CNC(=O)c1ccc(CN2CCC(N)C(C)(C)C2)cc1.Cl. The minimum Gasteiger partial charge on any atom is -0.355 e. The Balaban J connectivity index is 0.00000220. The monoisotopic (exact) mass is 311 g/mol. The molecule has 21 heavy (non-hydrogen) atoms. The van der Waals surface area contributed by atoms with Crippen LogP contribution in [0.3, 0.4) is 0 Å². The molecule has 3 N–H and O–H groups in total. The van der Waals surface area contributed by atoms with Crippen LogP contribution < -0.4 is 11.1 Å². The highest BCUT2D eigenvalue weighted by Gasteiger charge is 2.33. The van der Waals surface area contributed by atoms with Gasteiger partial charge in [0.2, 0.25) is 0 Å². The predicted octanol–water partition coefficient (Wildman–Crippen LogP) is 2.03. The lowest BCUT2D eigenvalue weighted by Gasteiger charge is -2.42. The number of nitrogens with zero attached hydrogens (tertiary/aromatic N) is 1. The summed E-state index contributed by atoms with van der Waals surface area (Å²) in [6.07, 6.45) is 1.04. The van der Waals surface area contributed by atoms with Crippen LogP contribution in [-0.4, -0.2) is 37.0 Å². The Hall–Kier alpha value is -1.10. The molecule has 1 aliphatic heterocycles. The Labute approximate surface area is 133 Å². The van der Waals surface area contributed by atoms with Gasteiger partial charge in [0.15, 0.2) is 0 Å². The van der Waals surface area contributed by atoms with E-state index in [1.807, 2.05) is 24.3 Å². The van der Waals surface area contributed by atoms with Gasteiger partial charge < -0.3 is 11.1 Å². The number of piperidine rings is 1. The Kier molecular flexibility index (Phi) is 6.20. The van der Waals surface area contributed by atoms with Crippen LogP contribution in [0.1, 0.15) is 36.2 Å².